The van der Waals surface area contributed by atoms with E-state index in [-0.39, 0.29) is 0 Å². The van der Waals surface area contributed by atoms with Crippen molar-refractivity contribution in [2.24, 2.45) is 11.7 Å². The number of methoxy groups -OCH3 is 1. The number of nitrogens with two attached hydrogens (primary N) is 1. The Morgan fingerprint density at radius 2 is 2.31 bits per heavy atom. The molecule has 3 heteroatoms. The summed E-state index contributed by atoms with van der Waals surface area (Å²) in [5.74, 6) is 0.547. The minimum absolute atomic E-state index is 0.547. The van der Waals surface area contributed by atoms with E-state index < -0.39 is 0 Å². The van der Waals surface area contributed by atoms with E-state index in [1.54, 1.807) is 7.11 Å². The smallest absolute Gasteiger partial charge is 0.0502 e. The van der Waals surface area contributed by atoms with Crippen LogP contribution in [0.25, 0.3) is 0 Å². The molecule has 0 saturated heterocycles. The maximum atomic E-state index is 5.61. The number of nitrogens with one attached hydrogen (secondary N) is 1. The molecule has 78 valence electrons. The molecular weight excluding hydrogens is 164 g/mol. The largest absolute Gasteiger partial charge is 0.384 e. The van der Waals surface area contributed by atoms with Gasteiger partial charge in [0.25, 0.3) is 0 Å². The number of hydrogen-bond donors (Lipinski definition) is 2. The summed E-state index contributed by atoms with van der Waals surface area (Å²) in [6.45, 7) is 2.70. The lowest BCUT2D eigenvalue weighted by atomic mass is 10.0. The lowest BCUT2D eigenvalue weighted by Crippen LogP contribution is -2.22. The van der Waals surface area contributed by atoms with Gasteiger partial charge in [-0.25, -0.2) is 0 Å². The number of hydrogen-bond acceptors (Lipinski definition) is 3. The molecule has 0 amide bonds. The van der Waals surface area contributed by atoms with Crippen LogP contribution in [-0.4, -0.2) is 32.8 Å². The van der Waals surface area contributed by atoms with Crippen LogP contribution in [0.3, 0.4) is 0 Å². The van der Waals surface area contributed by atoms with Crippen molar-refractivity contribution in [2.75, 3.05) is 26.8 Å². The van der Waals surface area contributed by atoms with Gasteiger partial charge < -0.3 is 15.8 Å². The zero-order valence-corrected chi connectivity index (χ0v) is 8.59. The van der Waals surface area contributed by atoms with E-state index >= 15 is 0 Å². The van der Waals surface area contributed by atoms with Gasteiger partial charge in [0.2, 0.25) is 0 Å². The van der Waals surface area contributed by atoms with Crippen molar-refractivity contribution in [1.29, 1.82) is 0 Å². The molecule has 13 heavy (non-hydrogen) atoms. The quantitative estimate of drug-likeness (QED) is 0.550. The fourth-order valence-electron chi connectivity index (χ4n) is 1.49. The van der Waals surface area contributed by atoms with Gasteiger partial charge >= 0.3 is 0 Å². The van der Waals surface area contributed by atoms with Crippen LogP contribution in [0.4, 0.5) is 0 Å². The van der Waals surface area contributed by atoms with Crippen molar-refractivity contribution in [3.05, 3.63) is 0 Å². The maximum Gasteiger partial charge on any atom is 0.0502 e. The Morgan fingerprint density at radius 1 is 1.54 bits per heavy atom. The van der Waals surface area contributed by atoms with Crippen molar-refractivity contribution in [3.8, 4) is 0 Å². The molecule has 3 nitrogen and oxygen atoms in total. The van der Waals surface area contributed by atoms with Gasteiger partial charge in [0.05, 0.1) is 6.61 Å². The zero-order valence-electron chi connectivity index (χ0n) is 8.59. The SMILES string of the molecule is COCC(CN)CCCNC1CC1. The zero-order chi connectivity index (χ0) is 9.52. The molecular formula is C10H22N2O. The molecule has 0 aromatic carbocycles. The van der Waals surface area contributed by atoms with Crippen LogP contribution in [0, 0.1) is 5.92 Å². The Morgan fingerprint density at radius 3 is 2.85 bits per heavy atom. The summed E-state index contributed by atoms with van der Waals surface area (Å²) in [5.41, 5.74) is 5.61. The Hall–Kier alpha value is -0.120. The molecule has 0 aromatic rings. The van der Waals surface area contributed by atoms with Gasteiger partial charge in [-0.1, -0.05) is 0 Å². The number of rotatable bonds is 8. The summed E-state index contributed by atoms with van der Waals surface area (Å²) in [5, 5.41) is 3.50. The fraction of sp³-hybridized carbons (Fsp3) is 1.00. The van der Waals surface area contributed by atoms with Crippen molar-refractivity contribution in [3.63, 3.8) is 0 Å². The highest BCUT2D eigenvalue weighted by atomic mass is 16.5. The summed E-state index contributed by atoms with van der Waals surface area (Å²) in [6, 6.07) is 0.832. The molecule has 0 radical (unpaired) electrons. The Labute approximate surface area is 81.0 Å². The highest BCUT2D eigenvalue weighted by Crippen LogP contribution is 2.18. The second-order valence-corrected chi connectivity index (χ2v) is 3.93. The van der Waals surface area contributed by atoms with Crippen LogP contribution in [0.1, 0.15) is 25.7 Å². The van der Waals surface area contributed by atoms with E-state index in [0.717, 1.165) is 25.7 Å². The first-order chi connectivity index (χ1) is 6.36. The Bertz CT molecular complexity index is 126. The third kappa shape index (κ3) is 5.24. The first-order valence-corrected chi connectivity index (χ1v) is 5.29. The summed E-state index contributed by atoms with van der Waals surface area (Å²) >= 11 is 0. The molecule has 3 N–H and O–H groups in total. The lowest BCUT2D eigenvalue weighted by Gasteiger charge is -2.13. The molecule has 0 aromatic heterocycles. The molecule has 0 heterocycles. The van der Waals surface area contributed by atoms with Gasteiger partial charge in [-0.15, -0.1) is 0 Å². The van der Waals surface area contributed by atoms with Gasteiger partial charge in [0, 0.05) is 13.2 Å². The van der Waals surface area contributed by atoms with Crippen LogP contribution >= 0.6 is 0 Å². The molecule has 1 saturated carbocycles. The van der Waals surface area contributed by atoms with Crippen LogP contribution in [0.2, 0.25) is 0 Å². The first kappa shape index (κ1) is 11.0. The van der Waals surface area contributed by atoms with Crippen LogP contribution in [0.15, 0.2) is 0 Å². The summed E-state index contributed by atoms with van der Waals surface area (Å²) in [7, 11) is 1.74. The topological polar surface area (TPSA) is 47.3 Å². The number of ether oxygens (including phenoxy) is 1. The minimum atomic E-state index is 0.547. The van der Waals surface area contributed by atoms with E-state index in [2.05, 4.69) is 5.32 Å². The summed E-state index contributed by atoms with van der Waals surface area (Å²) < 4.78 is 5.08. The Balaban J connectivity index is 1.88. The van der Waals surface area contributed by atoms with Crippen LogP contribution in [0.5, 0.6) is 0 Å². The van der Waals surface area contributed by atoms with Crippen molar-refractivity contribution < 1.29 is 4.74 Å². The van der Waals surface area contributed by atoms with Crippen LogP contribution < -0.4 is 11.1 Å². The van der Waals surface area contributed by atoms with Crippen LogP contribution in [-0.2, 0) is 4.74 Å². The predicted molar refractivity (Wildman–Crippen MR) is 54.7 cm³/mol. The monoisotopic (exact) mass is 186 g/mol. The van der Waals surface area contributed by atoms with Gasteiger partial charge in [-0.05, 0) is 44.7 Å². The normalized spacial score (nSPS) is 18.9. The lowest BCUT2D eigenvalue weighted by molar-refractivity contribution is 0.150. The fourth-order valence-corrected chi connectivity index (χ4v) is 1.49. The second kappa shape index (κ2) is 6.35. The third-order valence-electron chi connectivity index (χ3n) is 2.54. The maximum absolute atomic E-state index is 5.61. The van der Waals surface area contributed by atoms with Gasteiger partial charge in [-0.3, -0.25) is 0 Å². The van der Waals surface area contributed by atoms with E-state index in [0.29, 0.717) is 5.92 Å². The summed E-state index contributed by atoms with van der Waals surface area (Å²) in [4.78, 5) is 0. The second-order valence-electron chi connectivity index (χ2n) is 3.93. The standard InChI is InChI=1S/C10H22N2O/c1-13-8-9(7-11)3-2-6-12-10-4-5-10/h9-10,12H,2-8,11H2,1H3. The van der Waals surface area contributed by atoms with Crippen molar-refractivity contribution in [1.82, 2.24) is 5.32 Å². The highest BCUT2D eigenvalue weighted by Gasteiger charge is 2.19. The highest BCUT2D eigenvalue weighted by molar-refractivity contribution is 4.80. The van der Waals surface area contributed by atoms with Gasteiger partial charge in [0.1, 0.15) is 0 Å². The molecule has 1 aliphatic rings. The average molecular weight is 186 g/mol. The molecule has 1 rings (SSSR count). The predicted octanol–water partition coefficient (Wildman–Crippen LogP) is 0.740. The average Bonchev–Trinajstić information content (AvgIpc) is 2.94. The van der Waals surface area contributed by atoms with E-state index in [9.17, 15) is 0 Å². The molecule has 1 unspecified atom stereocenters. The summed E-state index contributed by atoms with van der Waals surface area (Å²) in [6.07, 6.45) is 5.16. The van der Waals surface area contributed by atoms with Gasteiger partial charge in [0.15, 0.2) is 0 Å². The molecule has 1 fully saturated rings. The van der Waals surface area contributed by atoms with E-state index in [4.69, 9.17) is 10.5 Å². The molecule has 1 atom stereocenters. The Kier molecular flexibility index (Phi) is 5.35. The molecule has 0 spiro atoms. The van der Waals surface area contributed by atoms with Crippen molar-refractivity contribution in [2.45, 2.75) is 31.7 Å². The molecule has 0 bridgehead atoms. The van der Waals surface area contributed by atoms with Crippen molar-refractivity contribution >= 4 is 0 Å². The minimum Gasteiger partial charge on any atom is -0.384 e. The third-order valence-corrected chi connectivity index (χ3v) is 2.54. The van der Waals surface area contributed by atoms with Gasteiger partial charge in [-0.2, -0.15) is 0 Å². The molecule has 0 aliphatic heterocycles. The molecule has 1 aliphatic carbocycles. The van der Waals surface area contributed by atoms with E-state index in [1.165, 1.54) is 25.7 Å². The van der Waals surface area contributed by atoms with E-state index in [1.807, 2.05) is 0 Å². The first-order valence-electron chi connectivity index (χ1n) is 5.29.